The van der Waals surface area contributed by atoms with Crippen molar-refractivity contribution >= 4 is 10.2 Å². The van der Waals surface area contributed by atoms with Gasteiger partial charge in [-0.3, -0.25) is 0 Å². The van der Waals surface area contributed by atoms with Crippen LogP contribution in [0.1, 0.15) is 26.2 Å². The standard InChI is InChI=1S/C16H24N2O4S/c1-13-7-5-6-10-18(13)23(19,20)17(2)11-14-12-21-15-8-3-4-9-16(15)22-14/h3-4,8-9,13-14H,5-7,10-12H2,1-2H3/t13-,14-/m1/s1. The normalized spacial score (nSPS) is 25.5. The molecule has 3 rings (SSSR count). The molecule has 2 aliphatic heterocycles. The zero-order valence-electron chi connectivity index (χ0n) is 13.6. The van der Waals surface area contributed by atoms with Crippen molar-refractivity contribution in [2.45, 2.75) is 38.3 Å². The maximum atomic E-state index is 12.8. The van der Waals surface area contributed by atoms with Crippen molar-refractivity contribution in [3.05, 3.63) is 24.3 Å². The summed E-state index contributed by atoms with van der Waals surface area (Å²) in [5, 5.41) is 0. The highest BCUT2D eigenvalue weighted by Gasteiger charge is 2.34. The summed E-state index contributed by atoms with van der Waals surface area (Å²) in [6.45, 7) is 3.20. The molecule has 0 radical (unpaired) electrons. The van der Waals surface area contributed by atoms with Gasteiger partial charge in [-0.2, -0.15) is 17.0 Å². The first-order valence-electron chi connectivity index (χ1n) is 8.10. The van der Waals surface area contributed by atoms with E-state index in [9.17, 15) is 8.42 Å². The van der Waals surface area contributed by atoms with E-state index in [0.717, 1.165) is 19.3 Å². The molecule has 0 amide bonds. The fourth-order valence-electron chi connectivity index (χ4n) is 3.13. The van der Waals surface area contributed by atoms with Gasteiger partial charge >= 0.3 is 0 Å². The van der Waals surface area contributed by atoms with Crippen LogP contribution in [0.4, 0.5) is 0 Å². The van der Waals surface area contributed by atoms with Crippen LogP contribution in [0.3, 0.4) is 0 Å². The van der Waals surface area contributed by atoms with Gasteiger partial charge in [0.05, 0.1) is 6.54 Å². The zero-order chi connectivity index (χ0) is 16.4. The number of fused-ring (bicyclic) bond motifs is 1. The molecule has 1 aromatic rings. The summed E-state index contributed by atoms with van der Waals surface area (Å²) < 4.78 is 40.1. The quantitative estimate of drug-likeness (QED) is 0.840. The summed E-state index contributed by atoms with van der Waals surface area (Å²) in [4.78, 5) is 0. The fraction of sp³-hybridized carbons (Fsp3) is 0.625. The topological polar surface area (TPSA) is 59.1 Å². The summed E-state index contributed by atoms with van der Waals surface area (Å²) in [5.74, 6) is 1.37. The molecular weight excluding hydrogens is 316 g/mol. The molecule has 7 heteroatoms. The van der Waals surface area contributed by atoms with Crippen LogP contribution in [0.2, 0.25) is 0 Å². The highest BCUT2D eigenvalue weighted by Crippen LogP contribution is 2.31. The number of ether oxygens (including phenoxy) is 2. The molecular formula is C16H24N2O4S. The number of benzene rings is 1. The lowest BCUT2D eigenvalue weighted by atomic mass is 10.1. The highest BCUT2D eigenvalue weighted by molar-refractivity contribution is 7.86. The maximum Gasteiger partial charge on any atom is 0.282 e. The Balaban J connectivity index is 1.66. The molecule has 23 heavy (non-hydrogen) atoms. The Morgan fingerprint density at radius 1 is 1.26 bits per heavy atom. The van der Waals surface area contributed by atoms with Gasteiger partial charge in [0.2, 0.25) is 0 Å². The van der Waals surface area contributed by atoms with Crippen molar-refractivity contribution in [3.8, 4) is 11.5 Å². The Morgan fingerprint density at radius 2 is 2.00 bits per heavy atom. The summed E-state index contributed by atoms with van der Waals surface area (Å²) in [5.41, 5.74) is 0. The van der Waals surface area contributed by atoms with Crippen molar-refractivity contribution in [3.63, 3.8) is 0 Å². The van der Waals surface area contributed by atoms with Crippen LogP contribution in [0.15, 0.2) is 24.3 Å². The largest absolute Gasteiger partial charge is 0.486 e. The second-order valence-electron chi connectivity index (χ2n) is 6.24. The van der Waals surface area contributed by atoms with Gasteiger partial charge in [-0.1, -0.05) is 18.6 Å². The Hall–Kier alpha value is -1.31. The predicted molar refractivity (Wildman–Crippen MR) is 87.9 cm³/mol. The van der Waals surface area contributed by atoms with Crippen LogP contribution in [-0.2, 0) is 10.2 Å². The Labute approximate surface area is 138 Å². The summed E-state index contributed by atoms with van der Waals surface area (Å²) in [7, 11) is -1.85. The molecule has 2 aliphatic rings. The molecule has 0 bridgehead atoms. The van der Waals surface area contributed by atoms with Gasteiger partial charge in [-0.15, -0.1) is 0 Å². The molecule has 1 aromatic carbocycles. The Bertz CT molecular complexity index is 649. The maximum absolute atomic E-state index is 12.8. The highest BCUT2D eigenvalue weighted by atomic mass is 32.2. The minimum atomic E-state index is -3.46. The average molecular weight is 340 g/mol. The molecule has 2 atom stereocenters. The van der Waals surface area contributed by atoms with Crippen molar-refractivity contribution in [2.75, 3.05) is 26.7 Å². The number of para-hydroxylation sites is 2. The minimum Gasteiger partial charge on any atom is -0.486 e. The molecule has 0 saturated carbocycles. The molecule has 1 saturated heterocycles. The number of nitrogens with zero attached hydrogens (tertiary/aromatic N) is 2. The summed E-state index contributed by atoms with van der Waals surface area (Å²) in [6.07, 6.45) is 2.63. The van der Waals surface area contributed by atoms with E-state index in [4.69, 9.17) is 9.47 Å². The van der Waals surface area contributed by atoms with Crippen molar-refractivity contribution in [2.24, 2.45) is 0 Å². The third kappa shape index (κ3) is 3.46. The van der Waals surface area contributed by atoms with Crippen LogP contribution in [0.25, 0.3) is 0 Å². The van der Waals surface area contributed by atoms with Gasteiger partial charge < -0.3 is 9.47 Å². The van der Waals surface area contributed by atoms with Crippen LogP contribution in [0.5, 0.6) is 11.5 Å². The van der Waals surface area contributed by atoms with Gasteiger partial charge in [0.15, 0.2) is 11.5 Å². The first-order valence-corrected chi connectivity index (χ1v) is 9.50. The summed E-state index contributed by atoms with van der Waals surface area (Å²) in [6, 6.07) is 7.50. The van der Waals surface area contributed by atoms with E-state index in [1.807, 2.05) is 31.2 Å². The summed E-state index contributed by atoms with van der Waals surface area (Å²) >= 11 is 0. The molecule has 0 unspecified atom stereocenters. The molecule has 0 N–H and O–H groups in total. The number of likely N-dealkylation sites (N-methyl/N-ethyl adjacent to an activating group) is 1. The van der Waals surface area contributed by atoms with Crippen molar-refractivity contribution in [1.29, 1.82) is 0 Å². The van der Waals surface area contributed by atoms with Gasteiger partial charge in [-0.25, -0.2) is 0 Å². The molecule has 0 aliphatic carbocycles. The van der Waals surface area contributed by atoms with E-state index < -0.39 is 10.2 Å². The first kappa shape index (κ1) is 16.5. The molecule has 0 spiro atoms. The SMILES string of the molecule is C[C@@H]1CCCCN1S(=O)(=O)N(C)C[C@@H]1COc2ccccc2O1. The van der Waals surface area contributed by atoms with Gasteiger partial charge in [0, 0.05) is 19.6 Å². The fourth-order valence-corrected chi connectivity index (χ4v) is 4.76. The van der Waals surface area contributed by atoms with E-state index in [0.29, 0.717) is 24.7 Å². The average Bonchev–Trinajstić information content (AvgIpc) is 2.55. The molecule has 6 nitrogen and oxygen atoms in total. The monoisotopic (exact) mass is 340 g/mol. The van der Waals surface area contributed by atoms with Gasteiger partial charge in [-0.05, 0) is 31.9 Å². The van der Waals surface area contributed by atoms with Crippen LogP contribution in [0, 0.1) is 0 Å². The van der Waals surface area contributed by atoms with Gasteiger partial charge in [0.25, 0.3) is 10.2 Å². The molecule has 2 heterocycles. The molecule has 0 aromatic heterocycles. The van der Waals surface area contributed by atoms with Gasteiger partial charge in [0.1, 0.15) is 12.7 Å². The smallest absolute Gasteiger partial charge is 0.282 e. The van der Waals surface area contributed by atoms with Crippen molar-refractivity contribution < 1.29 is 17.9 Å². The van der Waals surface area contributed by atoms with E-state index >= 15 is 0 Å². The first-order chi connectivity index (χ1) is 11.0. The predicted octanol–water partition coefficient (Wildman–Crippen LogP) is 1.88. The lowest BCUT2D eigenvalue weighted by Gasteiger charge is -2.36. The van der Waals surface area contributed by atoms with E-state index in [-0.39, 0.29) is 18.7 Å². The van der Waals surface area contributed by atoms with Crippen LogP contribution >= 0.6 is 0 Å². The lowest BCUT2D eigenvalue weighted by molar-refractivity contribution is 0.0781. The third-order valence-electron chi connectivity index (χ3n) is 4.46. The second kappa shape index (κ2) is 6.67. The Kier molecular flexibility index (Phi) is 4.79. The molecule has 1 fully saturated rings. The van der Waals surface area contributed by atoms with Crippen LogP contribution < -0.4 is 9.47 Å². The number of hydrogen-bond donors (Lipinski definition) is 0. The zero-order valence-corrected chi connectivity index (χ0v) is 14.5. The van der Waals surface area contributed by atoms with E-state index in [2.05, 4.69) is 0 Å². The van der Waals surface area contributed by atoms with E-state index in [1.54, 1.807) is 11.4 Å². The third-order valence-corrected chi connectivity index (χ3v) is 6.53. The lowest BCUT2D eigenvalue weighted by Crippen LogP contribution is -2.51. The number of rotatable bonds is 4. The number of piperidine rings is 1. The molecule has 128 valence electrons. The minimum absolute atomic E-state index is 0.0560. The Morgan fingerprint density at radius 3 is 2.74 bits per heavy atom. The second-order valence-corrected chi connectivity index (χ2v) is 8.23. The van der Waals surface area contributed by atoms with Crippen LogP contribution in [-0.4, -0.2) is 55.9 Å². The van der Waals surface area contributed by atoms with E-state index in [1.165, 1.54) is 4.31 Å². The number of hydrogen-bond acceptors (Lipinski definition) is 4. The van der Waals surface area contributed by atoms with Crippen molar-refractivity contribution in [1.82, 2.24) is 8.61 Å².